The molecule has 17 heavy (non-hydrogen) atoms. The number of carbonyl (C=O) groups is 1. The largest absolute Gasteiger partial charge is 0.350 e. The summed E-state index contributed by atoms with van der Waals surface area (Å²) in [4.78, 5) is 11.5. The number of amides is 1. The molecule has 1 atom stereocenters. The van der Waals surface area contributed by atoms with Crippen molar-refractivity contribution in [2.75, 3.05) is 0 Å². The van der Waals surface area contributed by atoms with Crippen molar-refractivity contribution >= 4 is 17.5 Å². The fourth-order valence-electron chi connectivity index (χ4n) is 1.60. The van der Waals surface area contributed by atoms with Gasteiger partial charge in [-0.1, -0.05) is 23.7 Å². The molecule has 94 valence electrons. The van der Waals surface area contributed by atoms with Crippen molar-refractivity contribution < 1.29 is 4.79 Å². The van der Waals surface area contributed by atoms with Crippen LogP contribution in [-0.4, -0.2) is 17.5 Å². The second-order valence-corrected chi connectivity index (χ2v) is 5.40. The number of nitrogens with two attached hydrogens (primary N) is 1. The smallest absolute Gasteiger partial charge is 0.237 e. The van der Waals surface area contributed by atoms with Crippen molar-refractivity contribution in [3.8, 4) is 0 Å². The number of benzene rings is 1. The molecule has 0 spiro atoms. The van der Waals surface area contributed by atoms with Crippen LogP contribution in [0, 0.1) is 0 Å². The zero-order chi connectivity index (χ0) is 13.1. The van der Waals surface area contributed by atoms with Crippen LogP contribution in [0.15, 0.2) is 24.3 Å². The van der Waals surface area contributed by atoms with Crippen LogP contribution in [0.2, 0.25) is 5.02 Å². The van der Waals surface area contributed by atoms with Crippen molar-refractivity contribution in [1.29, 1.82) is 0 Å². The maximum Gasteiger partial charge on any atom is 0.237 e. The Balaban J connectivity index is 2.66. The summed E-state index contributed by atoms with van der Waals surface area (Å²) < 4.78 is 0. The lowest BCUT2D eigenvalue weighted by Gasteiger charge is -2.27. The second kappa shape index (κ2) is 5.52. The number of nitrogens with one attached hydrogen (secondary N) is 1. The first-order valence-electron chi connectivity index (χ1n) is 5.62. The van der Waals surface area contributed by atoms with E-state index in [1.54, 1.807) is 6.92 Å². The lowest BCUT2D eigenvalue weighted by Crippen LogP contribution is -2.50. The summed E-state index contributed by atoms with van der Waals surface area (Å²) in [6.45, 7) is 5.62. The van der Waals surface area contributed by atoms with Gasteiger partial charge in [-0.2, -0.15) is 0 Å². The molecule has 1 aromatic rings. The van der Waals surface area contributed by atoms with Crippen molar-refractivity contribution in [3.05, 3.63) is 34.9 Å². The molecular formula is C13H19ClN2O. The van der Waals surface area contributed by atoms with Crippen LogP contribution in [0.25, 0.3) is 0 Å². The van der Waals surface area contributed by atoms with Crippen molar-refractivity contribution in [2.45, 2.75) is 38.8 Å². The van der Waals surface area contributed by atoms with Crippen molar-refractivity contribution in [3.63, 3.8) is 0 Å². The first kappa shape index (κ1) is 14.0. The normalized spacial score (nSPS) is 13.2. The Hall–Kier alpha value is -1.06. The highest BCUT2D eigenvalue weighted by Gasteiger charge is 2.22. The summed E-state index contributed by atoms with van der Waals surface area (Å²) in [6.07, 6.45) is 0.739. The summed E-state index contributed by atoms with van der Waals surface area (Å²) in [5.41, 5.74) is 6.34. The Labute approximate surface area is 107 Å². The Morgan fingerprint density at radius 2 is 1.94 bits per heavy atom. The van der Waals surface area contributed by atoms with Crippen molar-refractivity contribution in [1.82, 2.24) is 5.32 Å². The van der Waals surface area contributed by atoms with Crippen molar-refractivity contribution in [2.24, 2.45) is 5.73 Å². The molecule has 3 N–H and O–H groups in total. The van der Waals surface area contributed by atoms with Gasteiger partial charge in [-0.15, -0.1) is 0 Å². The molecule has 0 fully saturated rings. The highest BCUT2D eigenvalue weighted by Crippen LogP contribution is 2.15. The van der Waals surface area contributed by atoms with E-state index in [-0.39, 0.29) is 11.4 Å². The van der Waals surface area contributed by atoms with E-state index in [2.05, 4.69) is 5.32 Å². The standard InChI is InChI=1S/C13H19ClN2O/c1-9(15)12(17)16-13(2,3)8-10-4-6-11(14)7-5-10/h4-7,9H,8,15H2,1-3H3,(H,16,17). The second-order valence-electron chi connectivity index (χ2n) is 4.97. The summed E-state index contributed by atoms with van der Waals surface area (Å²) in [5, 5.41) is 3.64. The molecule has 0 bridgehead atoms. The number of halogens is 1. The molecule has 0 radical (unpaired) electrons. The van der Waals surface area contributed by atoms with Gasteiger partial charge in [0.2, 0.25) is 5.91 Å². The predicted octanol–water partition coefficient (Wildman–Crippen LogP) is 2.12. The fourth-order valence-corrected chi connectivity index (χ4v) is 1.73. The van der Waals surface area contributed by atoms with Gasteiger partial charge in [0.15, 0.2) is 0 Å². The monoisotopic (exact) mass is 254 g/mol. The number of carbonyl (C=O) groups excluding carboxylic acids is 1. The third kappa shape index (κ3) is 4.75. The minimum Gasteiger partial charge on any atom is -0.350 e. The number of hydrogen-bond donors (Lipinski definition) is 2. The maximum absolute atomic E-state index is 11.5. The molecule has 3 nitrogen and oxygen atoms in total. The summed E-state index contributed by atoms with van der Waals surface area (Å²) in [7, 11) is 0. The van der Waals surface area contributed by atoms with E-state index < -0.39 is 6.04 Å². The topological polar surface area (TPSA) is 55.1 Å². The van der Waals surface area contributed by atoms with Gasteiger partial charge < -0.3 is 11.1 Å². The number of rotatable bonds is 4. The zero-order valence-corrected chi connectivity index (χ0v) is 11.2. The molecule has 0 aliphatic carbocycles. The molecule has 1 unspecified atom stereocenters. The van der Waals surface area contributed by atoms with Gasteiger partial charge in [-0.25, -0.2) is 0 Å². The predicted molar refractivity (Wildman–Crippen MR) is 71.0 cm³/mol. The van der Waals surface area contributed by atoms with E-state index >= 15 is 0 Å². The fraction of sp³-hybridized carbons (Fsp3) is 0.462. The lowest BCUT2D eigenvalue weighted by atomic mass is 9.94. The van der Waals surface area contributed by atoms with E-state index in [1.165, 1.54) is 0 Å². The summed E-state index contributed by atoms with van der Waals surface area (Å²) in [6, 6.07) is 7.13. The van der Waals surface area contributed by atoms with Crippen LogP contribution in [0.3, 0.4) is 0 Å². The van der Waals surface area contributed by atoms with Gasteiger partial charge in [0.05, 0.1) is 6.04 Å². The van der Waals surface area contributed by atoms with E-state index in [0.29, 0.717) is 5.02 Å². The van der Waals surface area contributed by atoms with Crippen LogP contribution in [0.5, 0.6) is 0 Å². The summed E-state index contributed by atoms with van der Waals surface area (Å²) in [5.74, 6) is -0.135. The maximum atomic E-state index is 11.5. The molecule has 1 aromatic carbocycles. The van der Waals surface area contributed by atoms with E-state index in [9.17, 15) is 4.79 Å². The van der Waals surface area contributed by atoms with Gasteiger partial charge in [-0.3, -0.25) is 4.79 Å². The molecule has 4 heteroatoms. The Bertz CT molecular complexity index is 385. The van der Waals surface area contributed by atoms with Crippen LogP contribution < -0.4 is 11.1 Å². The molecule has 0 saturated heterocycles. The SMILES string of the molecule is CC(N)C(=O)NC(C)(C)Cc1ccc(Cl)cc1. The van der Waals surface area contributed by atoms with Crippen LogP contribution >= 0.6 is 11.6 Å². The van der Waals surface area contributed by atoms with Gasteiger partial charge in [-0.05, 0) is 44.9 Å². The molecule has 1 rings (SSSR count). The molecule has 1 amide bonds. The molecule has 0 aliphatic rings. The molecule has 0 aromatic heterocycles. The minimum atomic E-state index is -0.487. The minimum absolute atomic E-state index is 0.135. The van der Waals surface area contributed by atoms with Crippen LogP contribution in [-0.2, 0) is 11.2 Å². The van der Waals surface area contributed by atoms with E-state index in [1.807, 2.05) is 38.1 Å². The van der Waals surface area contributed by atoms with Crippen LogP contribution in [0.1, 0.15) is 26.3 Å². The third-order valence-corrected chi connectivity index (χ3v) is 2.69. The van der Waals surface area contributed by atoms with Crippen LogP contribution in [0.4, 0.5) is 0 Å². The summed E-state index contributed by atoms with van der Waals surface area (Å²) >= 11 is 5.82. The lowest BCUT2D eigenvalue weighted by molar-refractivity contribution is -0.123. The number of hydrogen-bond acceptors (Lipinski definition) is 2. The molecule has 0 aliphatic heterocycles. The Kier molecular flexibility index (Phi) is 4.54. The third-order valence-electron chi connectivity index (χ3n) is 2.43. The van der Waals surface area contributed by atoms with Gasteiger partial charge in [0.25, 0.3) is 0 Å². The first-order valence-corrected chi connectivity index (χ1v) is 6.00. The average molecular weight is 255 g/mol. The zero-order valence-electron chi connectivity index (χ0n) is 10.5. The highest BCUT2D eigenvalue weighted by molar-refractivity contribution is 6.30. The molecular weight excluding hydrogens is 236 g/mol. The first-order chi connectivity index (χ1) is 7.80. The Morgan fingerprint density at radius 1 is 1.41 bits per heavy atom. The quantitative estimate of drug-likeness (QED) is 0.865. The Morgan fingerprint density at radius 3 is 2.41 bits per heavy atom. The van der Waals surface area contributed by atoms with E-state index in [0.717, 1.165) is 12.0 Å². The van der Waals surface area contributed by atoms with E-state index in [4.69, 9.17) is 17.3 Å². The average Bonchev–Trinajstić information content (AvgIpc) is 2.20. The van der Waals surface area contributed by atoms with Gasteiger partial charge >= 0.3 is 0 Å². The van der Waals surface area contributed by atoms with Gasteiger partial charge in [0.1, 0.15) is 0 Å². The van der Waals surface area contributed by atoms with Gasteiger partial charge in [0, 0.05) is 10.6 Å². The molecule has 0 heterocycles. The molecule has 0 saturated carbocycles. The highest BCUT2D eigenvalue weighted by atomic mass is 35.5.